The fraction of sp³-hybridized carbons (Fsp3) is 0.625. The summed E-state index contributed by atoms with van der Waals surface area (Å²) < 4.78 is 0. The zero-order valence-corrected chi connectivity index (χ0v) is 16.7. The van der Waals surface area contributed by atoms with Crippen LogP contribution in [0.3, 0.4) is 0 Å². The van der Waals surface area contributed by atoms with Crippen LogP contribution < -0.4 is 33.2 Å². The summed E-state index contributed by atoms with van der Waals surface area (Å²) in [5, 5.41) is 34.0. The summed E-state index contributed by atoms with van der Waals surface area (Å²) in [6.07, 6.45) is -2.72. The van der Waals surface area contributed by atoms with Crippen molar-refractivity contribution in [2.45, 2.75) is 56.5 Å². The Balaban J connectivity index is 5.41. The highest BCUT2D eigenvalue weighted by molar-refractivity contribution is 5.95. The normalized spacial score (nSPS) is 15.5. The third kappa shape index (κ3) is 10.3. The van der Waals surface area contributed by atoms with Gasteiger partial charge in [-0.25, -0.2) is 4.79 Å². The minimum Gasteiger partial charge on any atom is -0.480 e. The zero-order chi connectivity index (χ0) is 24.3. The van der Waals surface area contributed by atoms with Crippen LogP contribution >= 0.6 is 0 Å². The molecule has 0 bridgehead atoms. The Labute approximate surface area is 176 Å². The molecule has 176 valence electrons. The lowest BCUT2D eigenvalue weighted by Gasteiger charge is -2.26. The topological polar surface area (TPSA) is 277 Å². The second-order valence-corrected chi connectivity index (χ2v) is 6.65. The molecule has 15 heteroatoms. The van der Waals surface area contributed by atoms with Gasteiger partial charge in [-0.05, 0) is 13.3 Å². The second kappa shape index (κ2) is 13.1. The molecule has 0 aromatic rings. The van der Waals surface area contributed by atoms with Crippen LogP contribution in [-0.2, 0) is 28.8 Å². The number of primary amides is 2. The molecule has 0 aromatic heterocycles. The first-order valence-corrected chi connectivity index (χ1v) is 9.05. The predicted octanol–water partition coefficient (Wildman–Crippen LogP) is -5.63. The Morgan fingerprint density at radius 3 is 1.84 bits per heavy atom. The van der Waals surface area contributed by atoms with Crippen molar-refractivity contribution in [3.63, 3.8) is 0 Å². The molecule has 5 atom stereocenters. The number of carboxylic acid groups (broad SMARTS) is 1. The Morgan fingerprint density at radius 2 is 1.42 bits per heavy atom. The molecule has 5 unspecified atom stereocenters. The Kier molecular flexibility index (Phi) is 11.7. The van der Waals surface area contributed by atoms with E-state index in [1.807, 2.05) is 5.32 Å². The third-order valence-corrected chi connectivity index (χ3v) is 3.93. The van der Waals surface area contributed by atoms with Gasteiger partial charge in [-0.2, -0.15) is 0 Å². The fourth-order valence-electron chi connectivity index (χ4n) is 2.25. The van der Waals surface area contributed by atoms with Crippen LogP contribution in [-0.4, -0.2) is 87.7 Å². The number of hydrogen-bond donors (Lipinski definition) is 9. The van der Waals surface area contributed by atoms with Gasteiger partial charge in [-0.15, -0.1) is 0 Å². The minimum atomic E-state index is -1.68. The smallest absolute Gasteiger partial charge is 0.328 e. The van der Waals surface area contributed by atoms with Crippen molar-refractivity contribution in [2.24, 2.45) is 17.2 Å². The van der Waals surface area contributed by atoms with Crippen LogP contribution in [0.15, 0.2) is 0 Å². The van der Waals surface area contributed by atoms with Crippen LogP contribution in [0.5, 0.6) is 0 Å². The molecule has 31 heavy (non-hydrogen) atoms. The molecule has 0 aliphatic heterocycles. The highest BCUT2D eigenvalue weighted by Gasteiger charge is 2.32. The molecular weight excluding hydrogens is 420 g/mol. The third-order valence-electron chi connectivity index (χ3n) is 3.93. The number of aliphatic hydroxyl groups is 2. The Hall–Kier alpha value is -3.30. The van der Waals surface area contributed by atoms with Gasteiger partial charge in [0.15, 0.2) is 0 Å². The molecule has 0 rings (SSSR count). The number of hydrogen-bond acceptors (Lipinski definition) is 9. The summed E-state index contributed by atoms with van der Waals surface area (Å²) >= 11 is 0. The van der Waals surface area contributed by atoms with Crippen LogP contribution in [0.25, 0.3) is 0 Å². The number of carboxylic acids is 1. The van der Waals surface area contributed by atoms with Crippen molar-refractivity contribution < 1.29 is 44.1 Å². The molecule has 0 spiro atoms. The molecule has 0 saturated heterocycles. The average molecular weight is 448 g/mol. The number of rotatable bonds is 14. The van der Waals surface area contributed by atoms with E-state index in [0.29, 0.717) is 0 Å². The molecule has 0 aliphatic carbocycles. The van der Waals surface area contributed by atoms with Gasteiger partial charge in [0.25, 0.3) is 0 Å². The summed E-state index contributed by atoms with van der Waals surface area (Å²) in [6.45, 7) is 0.205. The Bertz CT molecular complexity index is 699. The maximum absolute atomic E-state index is 12.5. The number of amides is 5. The van der Waals surface area contributed by atoms with E-state index in [4.69, 9.17) is 27.4 Å². The SMILES string of the molecule is CC(O)C(NC(=O)C(N)CC(N)=O)C(=O)NC(CCC(N)=O)C(=O)NC(CO)C(=O)O. The van der Waals surface area contributed by atoms with Gasteiger partial charge in [-0.1, -0.05) is 0 Å². The summed E-state index contributed by atoms with van der Waals surface area (Å²) in [4.78, 5) is 69.8. The van der Waals surface area contributed by atoms with Gasteiger partial charge in [0.1, 0.15) is 18.1 Å². The maximum atomic E-state index is 12.5. The summed E-state index contributed by atoms with van der Waals surface area (Å²) in [5.74, 6) is -6.35. The summed E-state index contributed by atoms with van der Waals surface area (Å²) in [7, 11) is 0. The number of nitrogens with two attached hydrogens (primary N) is 3. The van der Waals surface area contributed by atoms with Crippen molar-refractivity contribution in [1.82, 2.24) is 16.0 Å². The van der Waals surface area contributed by atoms with Crippen LogP contribution in [0.2, 0.25) is 0 Å². The monoisotopic (exact) mass is 448 g/mol. The summed E-state index contributed by atoms with van der Waals surface area (Å²) in [6, 6.07) is -6.20. The lowest BCUT2D eigenvalue weighted by atomic mass is 10.1. The van der Waals surface area contributed by atoms with E-state index in [0.717, 1.165) is 6.92 Å². The number of nitrogens with one attached hydrogen (secondary N) is 3. The number of aliphatic carboxylic acids is 1. The van der Waals surface area contributed by atoms with Gasteiger partial charge >= 0.3 is 5.97 Å². The van der Waals surface area contributed by atoms with E-state index in [1.165, 1.54) is 0 Å². The standard InChI is InChI=1S/C16H28N6O9/c1-6(24)12(22-13(27)7(17)4-11(19)26)15(29)20-8(2-3-10(18)25)14(28)21-9(5-23)16(30)31/h6-9,12,23-24H,2-5,17H2,1H3,(H2,18,25)(H2,19,26)(H,20,29)(H,21,28)(H,22,27)(H,30,31). The van der Waals surface area contributed by atoms with Crippen molar-refractivity contribution >= 4 is 35.5 Å². The highest BCUT2D eigenvalue weighted by Crippen LogP contribution is 2.03. The van der Waals surface area contributed by atoms with Crippen LogP contribution in [0, 0.1) is 0 Å². The fourth-order valence-corrected chi connectivity index (χ4v) is 2.25. The van der Waals surface area contributed by atoms with Crippen molar-refractivity contribution in [3.05, 3.63) is 0 Å². The van der Waals surface area contributed by atoms with Gasteiger partial charge in [0.05, 0.1) is 25.2 Å². The minimum absolute atomic E-state index is 0.341. The molecule has 12 N–H and O–H groups in total. The highest BCUT2D eigenvalue weighted by atomic mass is 16.4. The zero-order valence-electron chi connectivity index (χ0n) is 16.7. The van der Waals surface area contributed by atoms with Crippen LogP contribution in [0.4, 0.5) is 0 Å². The molecule has 15 nitrogen and oxygen atoms in total. The van der Waals surface area contributed by atoms with Gasteiger partial charge in [0.2, 0.25) is 29.5 Å². The first-order chi connectivity index (χ1) is 14.3. The lowest BCUT2D eigenvalue weighted by molar-refractivity contribution is -0.143. The quantitative estimate of drug-likeness (QED) is 0.121. The van der Waals surface area contributed by atoms with E-state index in [2.05, 4.69) is 10.6 Å². The maximum Gasteiger partial charge on any atom is 0.328 e. The molecule has 0 heterocycles. The van der Waals surface area contributed by atoms with E-state index < -0.39 is 78.8 Å². The Morgan fingerprint density at radius 1 is 0.871 bits per heavy atom. The van der Waals surface area contributed by atoms with E-state index in [9.17, 15) is 33.9 Å². The largest absolute Gasteiger partial charge is 0.480 e. The molecule has 0 fully saturated rings. The van der Waals surface area contributed by atoms with E-state index in [-0.39, 0.29) is 12.8 Å². The lowest BCUT2D eigenvalue weighted by Crippen LogP contribution is -2.60. The van der Waals surface area contributed by atoms with E-state index in [1.54, 1.807) is 0 Å². The first kappa shape index (κ1) is 27.7. The molecular formula is C16H28N6O9. The predicted molar refractivity (Wildman–Crippen MR) is 102 cm³/mol. The number of carbonyl (C=O) groups is 6. The average Bonchev–Trinajstić information content (AvgIpc) is 2.65. The van der Waals surface area contributed by atoms with Gasteiger partial charge in [-0.3, -0.25) is 24.0 Å². The molecule has 5 amide bonds. The number of aliphatic hydroxyl groups excluding tert-OH is 2. The van der Waals surface area contributed by atoms with Crippen LogP contribution in [0.1, 0.15) is 26.2 Å². The first-order valence-electron chi connectivity index (χ1n) is 9.05. The molecule has 0 aromatic carbocycles. The summed E-state index contributed by atoms with van der Waals surface area (Å²) in [5.41, 5.74) is 15.4. The number of carbonyl (C=O) groups excluding carboxylic acids is 5. The van der Waals surface area contributed by atoms with Gasteiger partial charge < -0.3 is 48.5 Å². The molecule has 0 radical (unpaired) electrons. The van der Waals surface area contributed by atoms with Crippen molar-refractivity contribution in [1.29, 1.82) is 0 Å². The van der Waals surface area contributed by atoms with E-state index >= 15 is 0 Å². The van der Waals surface area contributed by atoms with Gasteiger partial charge in [0, 0.05) is 6.42 Å². The molecule has 0 aliphatic rings. The second-order valence-electron chi connectivity index (χ2n) is 6.65. The van der Waals surface area contributed by atoms with Crippen molar-refractivity contribution in [2.75, 3.05) is 6.61 Å². The van der Waals surface area contributed by atoms with Crippen molar-refractivity contribution in [3.8, 4) is 0 Å². The molecule has 0 saturated carbocycles.